The van der Waals surface area contributed by atoms with Crippen molar-refractivity contribution >= 4 is 17.6 Å². The summed E-state index contributed by atoms with van der Waals surface area (Å²) in [5.74, 6) is -0.238. The minimum atomic E-state index is -1.26. The summed E-state index contributed by atoms with van der Waals surface area (Å²) in [5.41, 5.74) is 0.333. The first-order chi connectivity index (χ1) is 13.9. The third kappa shape index (κ3) is 5.72. The predicted molar refractivity (Wildman–Crippen MR) is 108 cm³/mol. The number of hydrogen-bond donors (Lipinski definition) is 2. The van der Waals surface area contributed by atoms with Gasteiger partial charge in [-0.15, -0.1) is 0 Å². The van der Waals surface area contributed by atoms with Crippen LogP contribution in [0.1, 0.15) is 23.7 Å². The molecule has 3 rings (SSSR count). The van der Waals surface area contributed by atoms with Crippen LogP contribution in [0.25, 0.3) is 11.3 Å². The second kappa shape index (κ2) is 10.8. The number of nitrogens with zero attached hydrogens (tertiary/aromatic N) is 1. The molecule has 1 aliphatic heterocycles. The molecule has 1 aliphatic rings. The molecule has 0 atom stereocenters. The Hall–Kier alpha value is -2.55. The van der Waals surface area contributed by atoms with Crippen molar-refractivity contribution < 1.29 is 29.2 Å². The lowest BCUT2D eigenvalue weighted by Crippen LogP contribution is -2.19. The van der Waals surface area contributed by atoms with Crippen LogP contribution in [0.3, 0.4) is 0 Å². The van der Waals surface area contributed by atoms with Crippen molar-refractivity contribution in [2.45, 2.75) is 19.9 Å². The quantitative estimate of drug-likeness (QED) is 0.685. The zero-order valence-corrected chi connectivity index (χ0v) is 17.1. The van der Waals surface area contributed by atoms with Crippen molar-refractivity contribution in [3.63, 3.8) is 0 Å². The van der Waals surface area contributed by atoms with Crippen molar-refractivity contribution in [1.29, 1.82) is 0 Å². The summed E-state index contributed by atoms with van der Waals surface area (Å²) < 4.78 is 18.1. The summed E-state index contributed by atoms with van der Waals surface area (Å²) in [6.07, 6.45) is 2.06. The average Bonchev–Trinajstić information content (AvgIpc) is 2.84. The molecule has 0 unspecified atom stereocenters. The fourth-order valence-electron chi connectivity index (χ4n) is 2.76. The molecule has 0 bridgehead atoms. The van der Waals surface area contributed by atoms with E-state index in [0.717, 1.165) is 6.42 Å². The van der Waals surface area contributed by atoms with Gasteiger partial charge < -0.3 is 29.0 Å². The Bertz CT molecular complexity index is 910. The van der Waals surface area contributed by atoms with E-state index in [2.05, 4.69) is 0 Å². The molecule has 0 saturated carbocycles. The standard InChI is InChI=1S/C18H18ClNO6.C2H6O/c1-24-4-2-5-25-17-9-16-11(7-13(17)19)14-8-15(21)12(18(22)23)10-20(14)3-6-26-16;1-2-3/h7-10H,2-6H2,1H3,(H,22,23);3H,2H2,1H3. The summed E-state index contributed by atoms with van der Waals surface area (Å²) in [7, 11) is 1.62. The van der Waals surface area contributed by atoms with Gasteiger partial charge in [0.25, 0.3) is 0 Å². The predicted octanol–water partition coefficient (Wildman–Crippen LogP) is 2.67. The Morgan fingerprint density at radius 3 is 2.69 bits per heavy atom. The molecule has 0 spiro atoms. The topological polar surface area (TPSA) is 107 Å². The summed E-state index contributed by atoms with van der Waals surface area (Å²) in [6.45, 7) is 3.70. The van der Waals surface area contributed by atoms with Gasteiger partial charge in [0, 0.05) is 50.6 Å². The number of aromatic nitrogens is 1. The Labute approximate surface area is 173 Å². The van der Waals surface area contributed by atoms with E-state index in [1.165, 1.54) is 12.3 Å². The number of aliphatic hydroxyl groups excluding tert-OH is 1. The number of ether oxygens (including phenoxy) is 3. The Morgan fingerprint density at radius 2 is 2.03 bits per heavy atom. The lowest BCUT2D eigenvalue weighted by Gasteiger charge is -2.14. The van der Waals surface area contributed by atoms with Crippen LogP contribution in [-0.4, -0.2) is 54.3 Å². The fourth-order valence-corrected chi connectivity index (χ4v) is 2.97. The highest BCUT2D eigenvalue weighted by molar-refractivity contribution is 6.32. The minimum absolute atomic E-state index is 0.250. The van der Waals surface area contributed by atoms with Gasteiger partial charge in [-0.05, 0) is 13.0 Å². The number of pyridine rings is 1. The van der Waals surface area contributed by atoms with Gasteiger partial charge in [-0.25, -0.2) is 4.79 Å². The average molecular weight is 426 g/mol. The zero-order chi connectivity index (χ0) is 21.4. The number of fused-ring (bicyclic) bond motifs is 3. The SMILES string of the molecule is CCO.COCCCOc1cc2c(cc1Cl)-c1cc(=O)c(C(=O)O)cn1CCO2. The van der Waals surface area contributed by atoms with E-state index in [4.69, 9.17) is 36.0 Å². The Balaban J connectivity index is 0.000000941. The Morgan fingerprint density at radius 1 is 1.31 bits per heavy atom. The zero-order valence-electron chi connectivity index (χ0n) is 16.3. The highest BCUT2D eigenvalue weighted by Crippen LogP contribution is 2.39. The molecule has 2 N–H and O–H groups in total. The van der Waals surface area contributed by atoms with Crippen LogP contribution in [0.2, 0.25) is 5.02 Å². The molecule has 0 aliphatic carbocycles. The van der Waals surface area contributed by atoms with Crippen molar-refractivity contribution in [1.82, 2.24) is 4.57 Å². The molecule has 1 aromatic heterocycles. The number of aromatic carboxylic acids is 1. The maximum Gasteiger partial charge on any atom is 0.341 e. The molecule has 8 nitrogen and oxygen atoms in total. The molecule has 2 heterocycles. The molecule has 0 saturated heterocycles. The summed E-state index contributed by atoms with van der Waals surface area (Å²) >= 11 is 6.32. The Kier molecular flexibility index (Phi) is 8.50. The third-order valence-corrected chi connectivity index (χ3v) is 4.30. The first-order valence-corrected chi connectivity index (χ1v) is 9.47. The fraction of sp³-hybridized carbons (Fsp3) is 0.400. The summed E-state index contributed by atoms with van der Waals surface area (Å²) in [5, 5.41) is 17.1. The minimum Gasteiger partial charge on any atom is -0.492 e. The molecule has 158 valence electrons. The van der Waals surface area contributed by atoms with E-state index >= 15 is 0 Å². The number of rotatable bonds is 6. The number of aliphatic hydroxyl groups is 1. The van der Waals surface area contributed by atoms with E-state index < -0.39 is 11.4 Å². The molecule has 2 aromatic rings. The highest BCUT2D eigenvalue weighted by atomic mass is 35.5. The largest absolute Gasteiger partial charge is 0.492 e. The van der Waals surface area contributed by atoms with Crippen molar-refractivity contribution in [3.05, 3.63) is 45.2 Å². The van der Waals surface area contributed by atoms with Crippen LogP contribution in [0.15, 0.2) is 29.2 Å². The molecular weight excluding hydrogens is 402 g/mol. The molecule has 1 aromatic carbocycles. The third-order valence-electron chi connectivity index (χ3n) is 4.01. The number of carbonyl (C=O) groups is 1. The smallest absolute Gasteiger partial charge is 0.341 e. The molecule has 29 heavy (non-hydrogen) atoms. The van der Waals surface area contributed by atoms with Gasteiger partial charge in [0.2, 0.25) is 0 Å². The van der Waals surface area contributed by atoms with Crippen LogP contribution in [0.4, 0.5) is 0 Å². The van der Waals surface area contributed by atoms with Gasteiger partial charge in [-0.2, -0.15) is 0 Å². The van der Waals surface area contributed by atoms with Crippen LogP contribution in [-0.2, 0) is 11.3 Å². The molecule has 0 radical (unpaired) electrons. The first kappa shape index (κ1) is 22.7. The van der Waals surface area contributed by atoms with E-state index in [-0.39, 0.29) is 12.2 Å². The van der Waals surface area contributed by atoms with E-state index in [9.17, 15) is 9.59 Å². The van der Waals surface area contributed by atoms with Crippen LogP contribution < -0.4 is 14.9 Å². The highest BCUT2D eigenvalue weighted by Gasteiger charge is 2.21. The van der Waals surface area contributed by atoms with Crippen LogP contribution in [0, 0.1) is 0 Å². The van der Waals surface area contributed by atoms with E-state index in [1.54, 1.807) is 30.7 Å². The lowest BCUT2D eigenvalue weighted by molar-refractivity contribution is 0.0694. The lowest BCUT2D eigenvalue weighted by atomic mass is 10.1. The molecular formula is C20H24ClNO7. The van der Waals surface area contributed by atoms with Crippen LogP contribution >= 0.6 is 11.6 Å². The number of benzene rings is 1. The van der Waals surface area contributed by atoms with E-state index in [1.807, 2.05) is 0 Å². The van der Waals surface area contributed by atoms with Gasteiger partial charge in [-0.1, -0.05) is 11.6 Å². The maximum atomic E-state index is 12.1. The van der Waals surface area contributed by atoms with Gasteiger partial charge in [0.15, 0.2) is 5.43 Å². The first-order valence-electron chi connectivity index (χ1n) is 9.10. The number of methoxy groups -OCH3 is 1. The number of hydrogen-bond acceptors (Lipinski definition) is 6. The maximum absolute atomic E-state index is 12.1. The van der Waals surface area contributed by atoms with Crippen LogP contribution in [0.5, 0.6) is 11.5 Å². The summed E-state index contributed by atoms with van der Waals surface area (Å²) in [4.78, 5) is 23.3. The monoisotopic (exact) mass is 425 g/mol. The molecule has 0 amide bonds. The molecule has 9 heteroatoms. The number of halogens is 1. The second-order valence-corrected chi connectivity index (χ2v) is 6.48. The van der Waals surface area contributed by atoms with Crippen molar-refractivity contribution in [2.24, 2.45) is 0 Å². The van der Waals surface area contributed by atoms with Gasteiger partial charge in [0.1, 0.15) is 23.7 Å². The normalized spacial score (nSPS) is 11.9. The molecule has 0 fully saturated rings. The second-order valence-electron chi connectivity index (χ2n) is 6.07. The van der Waals surface area contributed by atoms with Gasteiger partial charge >= 0.3 is 5.97 Å². The van der Waals surface area contributed by atoms with Gasteiger partial charge in [0.05, 0.1) is 23.9 Å². The summed E-state index contributed by atoms with van der Waals surface area (Å²) in [6, 6.07) is 4.65. The number of carboxylic acids is 1. The van der Waals surface area contributed by atoms with Crippen molar-refractivity contribution in [3.8, 4) is 22.8 Å². The van der Waals surface area contributed by atoms with Gasteiger partial charge in [-0.3, -0.25) is 4.79 Å². The van der Waals surface area contributed by atoms with Crippen molar-refractivity contribution in [2.75, 3.05) is 33.5 Å². The van der Waals surface area contributed by atoms with E-state index in [0.29, 0.717) is 54.1 Å². The number of carboxylic acid groups (broad SMARTS) is 1.